The van der Waals surface area contributed by atoms with Crippen LogP contribution in [0.2, 0.25) is 15.6 Å². The first-order valence-electron chi connectivity index (χ1n) is 9.66. The zero-order chi connectivity index (χ0) is 23.9. The predicted molar refractivity (Wildman–Crippen MR) is 131 cm³/mol. The number of nitrogens with zero attached hydrogens (tertiary/aromatic N) is 2. The fourth-order valence-electron chi connectivity index (χ4n) is 4.00. The number of aryl methyl sites for hydroxylation is 1. The molecular formula is C18H22B8N2OS. The van der Waals surface area contributed by atoms with Crippen molar-refractivity contribution in [2.75, 3.05) is 0 Å². The van der Waals surface area contributed by atoms with Gasteiger partial charge in [-0.3, -0.25) is 4.79 Å². The fourth-order valence-corrected chi connectivity index (χ4v) is 5.03. The molecule has 30 heavy (non-hydrogen) atoms. The van der Waals surface area contributed by atoms with Crippen molar-refractivity contribution in [3.05, 3.63) is 15.4 Å². The molecule has 1 aromatic rings. The first-order valence-corrected chi connectivity index (χ1v) is 10.5. The van der Waals surface area contributed by atoms with Gasteiger partial charge in [-0.2, -0.15) is 4.99 Å². The summed E-state index contributed by atoms with van der Waals surface area (Å²) in [6, 6.07) is 0. The number of rotatable bonds is 5. The maximum absolute atomic E-state index is 13.0. The topological polar surface area (TPSA) is 34.4 Å². The Morgan fingerprint density at radius 1 is 0.933 bits per heavy atom. The molecule has 0 aromatic carbocycles. The quantitative estimate of drug-likeness (QED) is 0.667. The third-order valence-corrected chi connectivity index (χ3v) is 8.42. The van der Waals surface area contributed by atoms with Crippen LogP contribution in [-0.2, 0) is 10.1 Å². The monoisotopic (exact) mass is 402 g/mol. The Balaban J connectivity index is 2.68. The molecule has 0 saturated heterocycles. The molecule has 1 aromatic heterocycles. The van der Waals surface area contributed by atoms with Crippen molar-refractivity contribution in [1.29, 1.82) is 0 Å². The van der Waals surface area contributed by atoms with Gasteiger partial charge in [-0.25, -0.2) is 0 Å². The standard InChI is InChI=1S/C18H22B8N2OS/c1-8-9(2)30-12(27-11(29)10-13(3,4)14(10,5)6)28(8)18(25,26)17(23,24)16(21,22)15(7,19)20/h10H,1-7H3. The summed E-state index contributed by atoms with van der Waals surface area (Å²) in [5.74, 6) is -0.518. The van der Waals surface area contributed by atoms with E-state index in [9.17, 15) is 4.79 Å². The van der Waals surface area contributed by atoms with E-state index in [-0.39, 0.29) is 27.5 Å². The van der Waals surface area contributed by atoms with Gasteiger partial charge in [0, 0.05) is 10.6 Å². The van der Waals surface area contributed by atoms with Crippen molar-refractivity contribution in [3.8, 4) is 0 Å². The second-order valence-corrected chi connectivity index (χ2v) is 11.2. The highest BCUT2D eigenvalue weighted by molar-refractivity contribution is 7.09. The zero-order valence-electron chi connectivity index (χ0n) is 18.9. The molecule has 0 aliphatic heterocycles. The summed E-state index contributed by atoms with van der Waals surface area (Å²) in [5, 5.41) is -8.11. The normalized spacial score (nSPS) is 20.3. The molecule has 0 spiro atoms. The van der Waals surface area contributed by atoms with Crippen molar-refractivity contribution in [3.63, 3.8) is 0 Å². The van der Waals surface area contributed by atoms with Gasteiger partial charge in [0.25, 0.3) is 5.91 Å². The molecule has 0 bridgehead atoms. The van der Waals surface area contributed by atoms with Crippen LogP contribution in [0.15, 0.2) is 4.99 Å². The Labute approximate surface area is 195 Å². The molecular weight excluding hydrogens is 379 g/mol. The number of aromatic nitrogens is 1. The SMILES string of the molecule is [B]C([B])(C)C([B])([B])C([B])([B])C([B])([B])n1c(C)c(C)sc1=NC(=O)C1C(C)(C)C1(C)C. The number of amides is 1. The summed E-state index contributed by atoms with van der Waals surface area (Å²) in [7, 11) is 49.6. The molecule has 3 nitrogen and oxygen atoms in total. The third kappa shape index (κ3) is 3.42. The highest BCUT2D eigenvalue weighted by Crippen LogP contribution is 2.68. The van der Waals surface area contributed by atoms with E-state index in [2.05, 4.69) is 4.99 Å². The molecule has 0 N–H and O–H groups in total. The Bertz CT molecular complexity index is 923. The fraction of sp³-hybridized carbons (Fsp3) is 0.778. The minimum atomic E-state index is -2.20. The summed E-state index contributed by atoms with van der Waals surface area (Å²) in [5.41, 5.74) is 0.245. The van der Waals surface area contributed by atoms with Gasteiger partial charge >= 0.3 is 0 Å². The molecule has 1 amide bonds. The summed E-state index contributed by atoms with van der Waals surface area (Å²) >= 11 is 1.24. The Morgan fingerprint density at radius 2 is 1.37 bits per heavy atom. The van der Waals surface area contributed by atoms with Crippen molar-refractivity contribution < 1.29 is 4.79 Å². The third-order valence-electron chi connectivity index (χ3n) is 7.36. The molecule has 12 heteroatoms. The van der Waals surface area contributed by atoms with Crippen molar-refractivity contribution in [2.24, 2.45) is 21.7 Å². The number of hydrogen-bond acceptors (Lipinski definition) is 2. The average Bonchev–Trinajstić information content (AvgIpc) is 2.75. The summed E-state index contributed by atoms with van der Waals surface area (Å²) in [6.45, 7) is 13.1. The largest absolute Gasteiger partial charge is 0.333 e. The summed E-state index contributed by atoms with van der Waals surface area (Å²) in [6.07, 6.45) is 0. The first-order chi connectivity index (χ1) is 13.1. The first kappa shape index (κ1) is 25.9. The van der Waals surface area contributed by atoms with E-state index < -0.39 is 21.0 Å². The molecule has 0 atom stereocenters. The predicted octanol–water partition coefficient (Wildman–Crippen LogP) is 0.603. The lowest BCUT2D eigenvalue weighted by molar-refractivity contribution is -0.120. The van der Waals surface area contributed by atoms with Gasteiger partial charge < -0.3 is 4.57 Å². The van der Waals surface area contributed by atoms with E-state index in [4.69, 9.17) is 62.8 Å². The number of thiazole rings is 1. The van der Waals surface area contributed by atoms with Gasteiger partial charge in [0.05, 0.1) is 68.7 Å². The van der Waals surface area contributed by atoms with Crippen LogP contribution < -0.4 is 4.80 Å². The van der Waals surface area contributed by atoms with E-state index in [1.165, 1.54) is 22.8 Å². The molecule has 1 fully saturated rings. The molecule has 0 unspecified atom stereocenters. The molecule has 16 radical (unpaired) electrons. The molecule has 1 aliphatic carbocycles. The van der Waals surface area contributed by atoms with Crippen molar-refractivity contribution >= 4 is 80.0 Å². The highest BCUT2D eigenvalue weighted by Gasteiger charge is 2.68. The van der Waals surface area contributed by atoms with Crippen LogP contribution in [0.25, 0.3) is 0 Å². The summed E-state index contributed by atoms with van der Waals surface area (Å²) < 4.78 is 1.38. The number of carbonyl (C=O) groups is 1. The van der Waals surface area contributed by atoms with Gasteiger partial charge in [0.2, 0.25) is 0 Å². The van der Waals surface area contributed by atoms with Crippen molar-refractivity contribution in [2.45, 2.75) is 69.4 Å². The zero-order valence-corrected chi connectivity index (χ0v) is 19.7. The van der Waals surface area contributed by atoms with E-state index in [0.29, 0.717) is 5.69 Å². The lowest BCUT2D eigenvalue weighted by atomic mass is 9.12. The second-order valence-electron chi connectivity index (χ2n) is 10.0. The van der Waals surface area contributed by atoms with E-state index >= 15 is 0 Å². The Kier molecular flexibility index (Phi) is 6.09. The molecule has 2 rings (SSSR count). The number of hydrogen-bond donors (Lipinski definition) is 0. The highest BCUT2D eigenvalue weighted by atomic mass is 32.1. The van der Waals surface area contributed by atoms with Gasteiger partial charge in [-0.05, 0) is 30.0 Å². The molecule has 140 valence electrons. The molecule has 1 heterocycles. The average molecular weight is 401 g/mol. The van der Waals surface area contributed by atoms with Gasteiger partial charge in [0.1, 0.15) is 0 Å². The minimum absolute atomic E-state index is 0.182. The Morgan fingerprint density at radius 3 is 1.73 bits per heavy atom. The smallest absolute Gasteiger partial charge is 0.252 e. The second kappa shape index (κ2) is 7.06. The van der Waals surface area contributed by atoms with Crippen molar-refractivity contribution in [1.82, 2.24) is 4.57 Å². The summed E-state index contributed by atoms with van der Waals surface area (Å²) in [4.78, 5) is 18.4. The molecule has 1 aliphatic rings. The van der Waals surface area contributed by atoms with E-state index in [0.717, 1.165) is 4.88 Å². The minimum Gasteiger partial charge on any atom is -0.333 e. The van der Waals surface area contributed by atoms with Crippen LogP contribution >= 0.6 is 11.3 Å². The molecule has 1 saturated carbocycles. The van der Waals surface area contributed by atoms with Crippen LogP contribution in [0.1, 0.15) is 45.2 Å². The van der Waals surface area contributed by atoms with Gasteiger partial charge in [-0.1, -0.05) is 34.6 Å². The maximum Gasteiger partial charge on any atom is 0.252 e. The Hall–Kier alpha value is -0.381. The van der Waals surface area contributed by atoms with Crippen LogP contribution in [0.4, 0.5) is 0 Å². The lowest BCUT2D eigenvalue weighted by Crippen LogP contribution is -2.59. The van der Waals surface area contributed by atoms with E-state index in [1.807, 2.05) is 34.6 Å². The van der Waals surface area contributed by atoms with Crippen LogP contribution in [0.3, 0.4) is 0 Å². The van der Waals surface area contributed by atoms with Crippen LogP contribution in [0, 0.1) is 30.6 Å². The van der Waals surface area contributed by atoms with Crippen LogP contribution in [0.5, 0.6) is 0 Å². The lowest BCUT2D eigenvalue weighted by Gasteiger charge is -2.62. The van der Waals surface area contributed by atoms with Crippen LogP contribution in [-0.4, -0.2) is 73.2 Å². The van der Waals surface area contributed by atoms with Gasteiger partial charge in [0.15, 0.2) is 4.80 Å². The maximum atomic E-state index is 13.0. The number of carbonyl (C=O) groups excluding carboxylic acids is 1. The van der Waals surface area contributed by atoms with E-state index in [1.54, 1.807) is 6.92 Å². The van der Waals surface area contributed by atoms with Gasteiger partial charge in [-0.15, -0.1) is 27.0 Å².